The minimum Gasteiger partial charge on any atom is -0.336 e. The van der Waals surface area contributed by atoms with E-state index in [0.717, 1.165) is 35.9 Å². The molecule has 6 nitrogen and oxygen atoms in total. The molecule has 8 heteroatoms. The summed E-state index contributed by atoms with van der Waals surface area (Å²) in [6, 6.07) is 11.1. The normalized spacial score (nSPS) is 14.4. The maximum Gasteiger partial charge on any atom is 0.258 e. The molecular formula is C24H25FN4O2S. The third-order valence-corrected chi connectivity index (χ3v) is 6.39. The van der Waals surface area contributed by atoms with Gasteiger partial charge in [0.25, 0.3) is 11.8 Å². The van der Waals surface area contributed by atoms with Gasteiger partial charge in [-0.05, 0) is 43.7 Å². The van der Waals surface area contributed by atoms with Crippen LogP contribution in [0.25, 0.3) is 0 Å². The van der Waals surface area contributed by atoms with E-state index < -0.39 is 11.7 Å². The standard InChI is InChI=1S/C24H25FN4O2S/c1-16-7-8-18(13-22(16)27-23(30)20-5-3-4-6-21(20)25)24(31)29-11-9-28(10-12-29)14-19-15-32-17(2)26-19/h3-8,13,15H,9-12,14H2,1-2H3,(H,27,30). The van der Waals surface area contributed by atoms with Crippen molar-refractivity contribution in [2.45, 2.75) is 20.4 Å². The van der Waals surface area contributed by atoms with Gasteiger partial charge in [0.2, 0.25) is 0 Å². The van der Waals surface area contributed by atoms with Gasteiger partial charge in [-0.3, -0.25) is 14.5 Å². The van der Waals surface area contributed by atoms with E-state index in [2.05, 4.69) is 20.6 Å². The average Bonchev–Trinajstić information content (AvgIpc) is 3.20. The van der Waals surface area contributed by atoms with Crippen LogP contribution in [0.15, 0.2) is 47.8 Å². The largest absolute Gasteiger partial charge is 0.336 e. The minimum atomic E-state index is -0.583. The Bertz CT molecular complexity index is 1140. The number of nitrogens with zero attached hydrogens (tertiary/aromatic N) is 3. The summed E-state index contributed by atoms with van der Waals surface area (Å²) in [5, 5.41) is 5.88. The Hall–Kier alpha value is -3.10. The first-order valence-electron chi connectivity index (χ1n) is 10.5. The minimum absolute atomic E-state index is 0.0324. The fraction of sp³-hybridized carbons (Fsp3) is 0.292. The number of nitrogens with one attached hydrogen (secondary N) is 1. The van der Waals surface area contributed by atoms with Crippen molar-refractivity contribution in [3.8, 4) is 0 Å². The van der Waals surface area contributed by atoms with Crippen molar-refractivity contribution in [1.29, 1.82) is 0 Å². The van der Waals surface area contributed by atoms with E-state index in [1.807, 2.05) is 18.7 Å². The number of amides is 2. The van der Waals surface area contributed by atoms with Gasteiger partial charge in [0.1, 0.15) is 5.82 Å². The second-order valence-electron chi connectivity index (χ2n) is 7.89. The van der Waals surface area contributed by atoms with Crippen molar-refractivity contribution >= 4 is 28.8 Å². The highest BCUT2D eigenvalue weighted by atomic mass is 32.1. The lowest BCUT2D eigenvalue weighted by molar-refractivity contribution is 0.0627. The number of carbonyl (C=O) groups excluding carboxylic acids is 2. The third kappa shape index (κ3) is 5.03. The number of hydrogen-bond donors (Lipinski definition) is 1. The number of thiazole rings is 1. The number of piperazine rings is 1. The molecule has 32 heavy (non-hydrogen) atoms. The molecule has 0 spiro atoms. The van der Waals surface area contributed by atoms with E-state index in [4.69, 9.17) is 0 Å². The fourth-order valence-electron chi connectivity index (χ4n) is 3.73. The summed E-state index contributed by atoms with van der Waals surface area (Å²) >= 11 is 1.65. The molecular weight excluding hydrogens is 427 g/mol. The third-order valence-electron chi connectivity index (χ3n) is 5.56. The molecule has 0 aliphatic carbocycles. The zero-order chi connectivity index (χ0) is 22.7. The molecule has 1 aromatic heterocycles. The van der Waals surface area contributed by atoms with Crippen molar-refractivity contribution < 1.29 is 14.0 Å². The van der Waals surface area contributed by atoms with Crippen molar-refractivity contribution in [3.05, 3.63) is 81.1 Å². The first-order valence-corrected chi connectivity index (χ1v) is 11.4. The van der Waals surface area contributed by atoms with Crippen LogP contribution in [0.5, 0.6) is 0 Å². The Labute approximate surface area is 190 Å². The molecule has 4 rings (SSSR count). The van der Waals surface area contributed by atoms with Crippen molar-refractivity contribution in [2.24, 2.45) is 0 Å². The number of benzene rings is 2. The molecule has 0 radical (unpaired) electrons. The van der Waals surface area contributed by atoms with Gasteiger partial charge in [-0.25, -0.2) is 9.37 Å². The molecule has 1 aliphatic heterocycles. The van der Waals surface area contributed by atoms with E-state index >= 15 is 0 Å². The van der Waals surface area contributed by atoms with Gasteiger partial charge in [0, 0.05) is 49.4 Å². The monoisotopic (exact) mass is 452 g/mol. The SMILES string of the molecule is Cc1nc(CN2CCN(C(=O)c3ccc(C)c(NC(=O)c4ccccc4F)c3)CC2)cs1. The van der Waals surface area contributed by atoms with Crippen LogP contribution in [-0.4, -0.2) is 52.8 Å². The summed E-state index contributed by atoms with van der Waals surface area (Å²) in [6.07, 6.45) is 0. The molecule has 2 heterocycles. The lowest BCUT2D eigenvalue weighted by atomic mass is 10.1. The first-order chi connectivity index (χ1) is 15.4. The lowest BCUT2D eigenvalue weighted by Crippen LogP contribution is -2.48. The average molecular weight is 453 g/mol. The molecule has 0 saturated carbocycles. The molecule has 1 fully saturated rings. The predicted molar refractivity (Wildman–Crippen MR) is 124 cm³/mol. The first kappa shape index (κ1) is 22.1. The Kier molecular flexibility index (Phi) is 6.62. The summed E-state index contributed by atoms with van der Waals surface area (Å²) in [6.45, 7) is 7.46. The number of halogens is 1. The van der Waals surface area contributed by atoms with E-state index in [1.54, 1.807) is 35.6 Å². The molecule has 2 aromatic carbocycles. The topological polar surface area (TPSA) is 65.5 Å². The molecule has 0 unspecified atom stereocenters. The molecule has 1 N–H and O–H groups in total. The van der Waals surface area contributed by atoms with Crippen molar-refractivity contribution in [1.82, 2.24) is 14.8 Å². The molecule has 1 aliphatic rings. The molecule has 0 bridgehead atoms. The molecule has 3 aromatic rings. The highest BCUT2D eigenvalue weighted by molar-refractivity contribution is 7.09. The zero-order valence-corrected chi connectivity index (χ0v) is 18.9. The zero-order valence-electron chi connectivity index (χ0n) is 18.1. The second-order valence-corrected chi connectivity index (χ2v) is 8.95. The van der Waals surface area contributed by atoms with Crippen LogP contribution < -0.4 is 5.32 Å². The van der Waals surface area contributed by atoms with E-state index in [9.17, 15) is 14.0 Å². The lowest BCUT2D eigenvalue weighted by Gasteiger charge is -2.34. The molecule has 2 amide bonds. The molecule has 1 saturated heterocycles. The van der Waals surface area contributed by atoms with E-state index in [1.165, 1.54) is 18.2 Å². The quantitative estimate of drug-likeness (QED) is 0.633. The number of anilines is 1. The maximum absolute atomic E-state index is 13.9. The number of aromatic nitrogens is 1. The van der Waals surface area contributed by atoms with E-state index in [-0.39, 0.29) is 11.5 Å². The fourth-order valence-corrected chi connectivity index (χ4v) is 4.33. The van der Waals surface area contributed by atoms with Crippen LogP contribution in [0.2, 0.25) is 0 Å². The molecule has 0 atom stereocenters. The number of carbonyl (C=O) groups is 2. The molecule has 166 valence electrons. The number of hydrogen-bond acceptors (Lipinski definition) is 5. The summed E-state index contributed by atoms with van der Waals surface area (Å²) < 4.78 is 13.9. The van der Waals surface area contributed by atoms with Crippen LogP contribution in [0.3, 0.4) is 0 Å². The van der Waals surface area contributed by atoms with Gasteiger partial charge < -0.3 is 10.2 Å². The smallest absolute Gasteiger partial charge is 0.258 e. The number of rotatable bonds is 5. The van der Waals surface area contributed by atoms with Crippen molar-refractivity contribution in [2.75, 3.05) is 31.5 Å². The van der Waals surface area contributed by atoms with Gasteiger partial charge in [-0.2, -0.15) is 0 Å². The highest BCUT2D eigenvalue weighted by Gasteiger charge is 2.23. The summed E-state index contributed by atoms with van der Waals surface area (Å²) in [5.41, 5.74) is 2.84. The van der Waals surface area contributed by atoms with Crippen LogP contribution in [0, 0.1) is 19.7 Å². The summed E-state index contributed by atoms with van der Waals surface area (Å²) in [4.78, 5) is 34.2. The van der Waals surface area contributed by atoms with Crippen LogP contribution in [0.4, 0.5) is 10.1 Å². The summed E-state index contributed by atoms with van der Waals surface area (Å²) in [5.74, 6) is -1.20. The van der Waals surface area contributed by atoms with Crippen molar-refractivity contribution in [3.63, 3.8) is 0 Å². The van der Waals surface area contributed by atoms with Gasteiger partial charge >= 0.3 is 0 Å². The van der Waals surface area contributed by atoms with Gasteiger partial charge in [0.15, 0.2) is 0 Å². The van der Waals surface area contributed by atoms with E-state index in [0.29, 0.717) is 24.3 Å². The second kappa shape index (κ2) is 9.58. The number of aryl methyl sites for hydroxylation is 2. The van der Waals surface area contributed by atoms with Gasteiger partial charge in [0.05, 0.1) is 16.3 Å². The Balaban J connectivity index is 1.40. The highest BCUT2D eigenvalue weighted by Crippen LogP contribution is 2.21. The maximum atomic E-state index is 13.9. The van der Waals surface area contributed by atoms with Gasteiger partial charge in [-0.15, -0.1) is 11.3 Å². The Morgan fingerprint density at radius 2 is 1.84 bits per heavy atom. The van der Waals surface area contributed by atoms with Gasteiger partial charge in [-0.1, -0.05) is 18.2 Å². The van der Waals surface area contributed by atoms with Crippen LogP contribution >= 0.6 is 11.3 Å². The summed E-state index contributed by atoms with van der Waals surface area (Å²) in [7, 11) is 0. The predicted octanol–water partition coefficient (Wildman–Crippen LogP) is 4.11. The Morgan fingerprint density at radius 3 is 2.53 bits per heavy atom. The Morgan fingerprint density at radius 1 is 1.09 bits per heavy atom. The van der Waals surface area contributed by atoms with Crippen LogP contribution in [-0.2, 0) is 6.54 Å². The van der Waals surface area contributed by atoms with Crippen LogP contribution in [0.1, 0.15) is 37.0 Å².